The maximum atomic E-state index is 13.1. The molecule has 0 rings (SSSR count). The molecular formula is C81H158O17P2. The smallest absolute Gasteiger partial charge is 0.462 e. The minimum absolute atomic E-state index is 0.106. The van der Waals surface area contributed by atoms with Gasteiger partial charge in [-0.25, -0.2) is 9.13 Å². The number of carbonyl (C=O) groups is 4. The molecule has 0 radical (unpaired) electrons. The van der Waals surface area contributed by atoms with Crippen LogP contribution in [0.3, 0.4) is 0 Å². The lowest BCUT2D eigenvalue weighted by Crippen LogP contribution is -2.30. The third-order valence-electron chi connectivity index (χ3n) is 18.8. The molecule has 100 heavy (non-hydrogen) atoms. The van der Waals surface area contributed by atoms with Gasteiger partial charge >= 0.3 is 39.5 Å². The normalized spacial score (nSPS) is 14.0. The van der Waals surface area contributed by atoms with E-state index in [4.69, 9.17) is 37.0 Å². The van der Waals surface area contributed by atoms with Crippen LogP contribution >= 0.6 is 15.6 Å². The molecule has 19 heteroatoms. The molecule has 0 aliphatic heterocycles. The second kappa shape index (κ2) is 70.1. The molecule has 0 bridgehead atoms. The maximum Gasteiger partial charge on any atom is 0.472 e. The van der Waals surface area contributed by atoms with Crippen LogP contribution in [0.4, 0.5) is 0 Å². The molecule has 0 spiro atoms. The summed E-state index contributed by atoms with van der Waals surface area (Å²) in [4.78, 5) is 73.0. The molecule has 0 saturated carbocycles. The number of phosphoric ester groups is 2. The predicted molar refractivity (Wildman–Crippen MR) is 409 cm³/mol. The lowest BCUT2D eigenvalue weighted by atomic mass is 10.0. The van der Waals surface area contributed by atoms with Crippen molar-refractivity contribution in [1.82, 2.24) is 0 Å². The molecule has 0 aromatic heterocycles. The standard InChI is InChI=1S/C81H158O17P2/c1-71(2)57-49-41-33-27-21-15-11-9-13-17-25-31-37-47-55-63-80(85)97-76(67-91-78(83)61-53-45-36-30-24-20-19-23-29-35-43-51-59-73(5)6)69-95-99(87,88)93-65-75(82)66-94-100(89,90)96-70-77(68-92-79(84)62-54-46-40-39-44-52-60-74(7)8)98-81(86)64-56-48-38-32-26-18-14-10-12-16-22-28-34-42-50-58-72(3)4/h71-77,82H,9-70H2,1-8H3,(H,87,88)(H,89,90)/t75?,76-,77-/m1/s1. The summed E-state index contributed by atoms with van der Waals surface area (Å²) >= 11 is 0. The van der Waals surface area contributed by atoms with Crippen LogP contribution in [-0.4, -0.2) is 96.7 Å². The number of unbranched alkanes of at least 4 members (excludes halogenated alkanes) is 44. The minimum Gasteiger partial charge on any atom is -0.462 e. The van der Waals surface area contributed by atoms with Gasteiger partial charge < -0.3 is 33.8 Å². The molecule has 0 fully saturated rings. The molecule has 0 aromatic carbocycles. The highest BCUT2D eigenvalue weighted by Gasteiger charge is 2.30. The molecule has 3 N–H and O–H groups in total. The number of phosphoric acid groups is 2. The largest absolute Gasteiger partial charge is 0.472 e. The van der Waals surface area contributed by atoms with E-state index < -0.39 is 97.5 Å². The minimum atomic E-state index is -4.96. The van der Waals surface area contributed by atoms with Crippen molar-refractivity contribution in [3.63, 3.8) is 0 Å². The van der Waals surface area contributed by atoms with E-state index in [1.165, 1.54) is 212 Å². The SMILES string of the molecule is CC(C)CCCCCCCCCCCCCCCCCC(=O)O[C@H](COC(=O)CCCCCCCCCCCCCCC(C)C)COP(=O)(O)OCC(O)COP(=O)(O)OC[C@@H](COC(=O)CCCCCCCCC(C)C)OC(=O)CCCCCCCCCCCCCCCCCC(C)C. The Kier molecular flexibility index (Phi) is 68.7. The zero-order valence-electron chi connectivity index (χ0n) is 65.8. The molecule has 3 unspecified atom stereocenters. The monoisotopic (exact) mass is 1470 g/mol. The number of hydrogen-bond donors (Lipinski definition) is 3. The molecule has 0 aliphatic rings. The Morgan fingerprint density at radius 2 is 0.420 bits per heavy atom. The van der Waals surface area contributed by atoms with Gasteiger partial charge in [0.1, 0.15) is 19.3 Å². The van der Waals surface area contributed by atoms with Crippen LogP contribution in [-0.2, 0) is 65.4 Å². The first-order valence-corrected chi connectivity index (χ1v) is 44.7. The van der Waals surface area contributed by atoms with E-state index in [-0.39, 0.29) is 25.7 Å². The van der Waals surface area contributed by atoms with Gasteiger partial charge in [0, 0.05) is 25.7 Å². The highest BCUT2D eigenvalue weighted by Crippen LogP contribution is 2.45. The van der Waals surface area contributed by atoms with E-state index in [9.17, 15) is 43.2 Å². The van der Waals surface area contributed by atoms with E-state index in [0.29, 0.717) is 31.6 Å². The van der Waals surface area contributed by atoms with Gasteiger partial charge in [0.05, 0.1) is 26.4 Å². The summed E-state index contributed by atoms with van der Waals surface area (Å²) < 4.78 is 68.7. The topological polar surface area (TPSA) is 237 Å². The van der Waals surface area contributed by atoms with Crippen molar-refractivity contribution in [3.05, 3.63) is 0 Å². The zero-order chi connectivity index (χ0) is 73.8. The Balaban J connectivity index is 5.22. The van der Waals surface area contributed by atoms with Crippen molar-refractivity contribution in [2.24, 2.45) is 23.7 Å². The van der Waals surface area contributed by atoms with E-state index in [1.54, 1.807) is 0 Å². The number of ether oxygens (including phenoxy) is 4. The van der Waals surface area contributed by atoms with Crippen LogP contribution < -0.4 is 0 Å². The van der Waals surface area contributed by atoms with E-state index in [2.05, 4.69) is 55.4 Å². The quantitative estimate of drug-likeness (QED) is 0.0222. The van der Waals surface area contributed by atoms with E-state index in [0.717, 1.165) is 114 Å². The summed E-state index contributed by atoms with van der Waals surface area (Å²) in [6.07, 6.45) is 57.0. The molecule has 0 heterocycles. The average Bonchev–Trinajstić information content (AvgIpc) is 0.955. The molecule has 5 atom stereocenters. The molecule has 594 valence electrons. The molecule has 0 amide bonds. The zero-order valence-corrected chi connectivity index (χ0v) is 67.6. The Morgan fingerprint density at radius 1 is 0.250 bits per heavy atom. The van der Waals surface area contributed by atoms with Crippen LogP contribution in [0.5, 0.6) is 0 Å². The molecular weight excluding hydrogens is 1310 g/mol. The fourth-order valence-electron chi connectivity index (χ4n) is 12.4. The lowest BCUT2D eigenvalue weighted by molar-refractivity contribution is -0.161. The number of aliphatic hydroxyl groups excluding tert-OH is 1. The summed E-state index contributed by atoms with van der Waals surface area (Å²) in [5.74, 6) is 0.951. The van der Waals surface area contributed by atoms with Gasteiger partial charge in [-0.05, 0) is 49.4 Å². The van der Waals surface area contributed by atoms with Gasteiger partial charge in [0.25, 0.3) is 0 Å². The van der Waals surface area contributed by atoms with Gasteiger partial charge in [0.15, 0.2) is 12.2 Å². The van der Waals surface area contributed by atoms with Gasteiger partial charge in [-0.2, -0.15) is 0 Å². The first-order chi connectivity index (χ1) is 48.1. The third-order valence-corrected chi connectivity index (χ3v) is 20.7. The third kappa shape index (κ3) is 74.3. The van der Waals surface area contributed by atoms with Gasteiger partial charge in [-0.1, -0.05) is 364 Å². The molecule has 17 nitrogen and oxygen atoms in total. The number of aliphatic hydroxyl groups is 1. The van der Waals surface area contributed by atoms with Gasteiger partial charge in [-0.3, -0.25) is 37.3 Å². The summed E-state index contributed by atoms with van der Waals surface area (Å²) in [5.41, 5.74) is 0. The van der Waals surface area contributed by atoms with Crippen LogP contribution in [0.15, 0.2) is 0 Å². The van der Waals surface area contributed by atoms with Crippen molar-refractivity contribution >= 4 is 39.5 Å². The number of esters is 4. The van der Waals surface area contributed by atoms with Crippen LogP contribution in [0.2, 0.25) is 0 Å². The van der Waals surface area contributed by atoms with Gasteiger partial charge in [-0.15, -0.1) is 0 Å². The second-order valence-electron chi connectivity index (χ2n) is 31.1. The summed E-state index contributed by atoms with van der Waals surface area (Å²) in [6, 6.07) is 0. The molecule has 0 saturated heterocycles. The highest BCUT2D eigenvalue weighted by atomic mass is 31.2. The predicted octanol–water partition coefficient (Wildman–Crippen LogP) is 24.0. The van der Waals surface area contributed by atoms with Crippen LogP contribution in [0, 0.1) is 23.7 Å². The van der Waals surface area contributed by atoms with E-state index in [1.807, 2.05) is 0 Å². The van der Waals surface area contributed by atoms with Crippen LogP contribution in [0.1, 0.15) is 415 Å². The average molecular weight is 1470 g/mol. The first-order valence-electron chi connectivity index (χ1n) is 41.7. The maximum absolute atomic E-state index is 13.1. The van der Waals surface area contributed by atoms with Gasteiger partial charge in [0.2, 0.25) is 0 Å². The Hall–Kier alpha value is -1.94. The Bertz CT molecular complexity index is 1950. The number of hydrogen-bond acceptors (Lipinski definition) is 15. The van der Waals surface area contributed by atoms with Crippen molar-refractivity contribution in [3.8, 4) is 0 Å². The lowest BCUT2D eigenvalue weighted by Gasteiger charge is -2.21. The highest BCUT2D eigenvalue weighted by molar-refractivity contribution is 7.47. The molecule has 0 aliphatic carbocycles. The van der Waals surface area contributed by atoms with Crippen LogP contribution in [0.25, 0.3) is 0 Å². The van der Waals surface area contributed by atoms with Crippen molar-refractivity contribution < 1.29 is 80.2 Å². The summed E-state index contributed by atoms with van der Waals surface area (Å²) in [5, 5.41) is 10.6. The number of carbonyl (C=O) groups excluding carboxylic acids is 4. The Morgan fingerprint density at radius 3 is 0.620 bits per heavy atom. The first kappa shape index (κ1) is 98.1. The fourth-order valence-corrected chi connectivity index (χ4v) is 14.0. The van der Waals surface area contributed by atoms with Crippen molar-refractivity contribution in [1.29, 1.82) is 0 Å². The number of rotatable bonds is 78. The van der Waals surface area contributed by atoms with E-state index >= 15 is 0 Å². The van der Waals surface area contributed by atoms with Crippen molar-refractivity contribution in [2.45, 2.75) is 433 Å². The molecule has 0 aromatic rings. The summed E-state index contributed by atoms with van der Waals surface area (Å²) in [6.45, 7) is 14.2. The summed E-state index contributed by atoms with van der Waals surface area (Å²) in [7, 11) is -9.92. The van der Waals surface area contributed by atoms with Crippen molar-refractivity contribution in [2.75, 3.05) is 39.6 Å². The second-order valence-corrected chi connectivity index (χ2v) is 34.0. The Labute approximate surface area is 613 Å². The fraction of sp³-hybridized carbons (Fsp3) is 0.951.